The SMILES string of the molecule is Cc1nc(NC(=O)Cc2cc(F)cc3c2OCOC3)sc1C. The fourth-order valence-electron chi connectivity index (χ4n) is 2.25. The summed E-state index contributed by atoms with van der Waals surface area (Å²) >= 11 is 1.42. The van der Waals surface area contributed by atoms with Crippen LogP contribution in [0, 0.1) is 19.7 Å². The van der Waals surface area contributed by atoms with Crippen molar-refractivity contribution >= 4 is 22.4 Å². The van der Waals surface area contributed by atoms with Gasteiger partial charge in [-0.2, -0.15) is 0 Å². The van der Waals surface area contributed by atoms with Crippen LogP contribution in [0.2, 0.25) is 0 Å². The van der Waals surface area contributed by atoms with Crippen molar-refractivity contribution in [2.24, 2.45) is 0 Å². The highest BCUT2D eigenvalue weighted by molar-refractivity contribution is 7.15. The van der Waals surface area contributed by atoms with Gasteiger partial charge in [-0.05, 0) is 26.0 Å². The van der Waals surface area contributed by atoms with Crippen LogP contribution in [0.3, 0.4) is 0 Å². The van der Waals surface area contributed by atoms with Gasteiger partial charge in [0.15, 0.2) is 11.9 Å². The Balaban J connectivity index is 1.77. The third kappa shape index (κ3) is 3.10. The summed E-state index contributed by atoms with van der Waals surface area (Å²) in [6, 6.07) is 2.69. The van der Waals surface area contributed by atoms with E-state index in [-0.39, 0.29) is 25.7 Å². The first-order valence-corrected chi connectivity index (χ1v) is 7.60. The highest BCUT2D eigenvalue weighted by Crippen LogP contribution is 2.30. The topological polar surface area (TPSA) is 60.5 Å². The average Bonchev–Trinajstić information content (AvgIpc) is 2.76. The van der Waals surface area contributed by atoms with Crippen molar-refractivity contribution in [1.29, 1.82) is 0 Å². The van der Waals surface area contributed by atoms with Crippen molar-refractivity contribution < 1.29 is 18.7 Å². The van der Waals surface area contributed by atoms with E-state index in [9.17, 15) is 9.18 Å². The van der Waals surface area contributed by atoms with Crippen LogP contribution < -0.4 is 10.1 Å². The molecule has 0 aliphatic carbocycles. The summed E-state index contributed by atoms with van der Waals surface area (Å²) in [5, 5.41) is 3.29. The Morgan fingerprint density at radius 2 is 2.27 bits per heavy atom. The number of aryl methyl sites for hydroxylation is 2. The maximum Gasteiger partial charge on any atom is 0.230 e. The molecule has 1 aliphatic heterocycles. The van der Waals surface area contributed by atoms with Crippen molar-refractivity contribution in [3.05, 3.63) is 39.6 Å². The van der Waals surface area contributed by atoms with Crippen molar-refractivity contribution in [2.45, 2.75) is 26.9 Å². The largest absolute Gasteiger partial charge is 0.467 e. The Morgan fingerprint density at radius 1 is 1.45 bits per heavy atom. The van der Waals surface area contributed by atoms with Gasteiger partial charge in [-0.25, -0.2) is 9.37 Å². The van der Waals surface area contributed by atoms with Crippen molar-refractivity contribution in [3.8, 4) is 5.75 Å². The molecule has 0 unspecified atom stereocenters. The zero-order valence-electron chi connectivity index (χ0n) is 12.2. The molecule has 3 rings (SSSR count). The smallest absolute Gasteiger partial charge is 0.230 e. The molecule has 22 heavy (non-hydrogen) atoms. The van der Waals surface area contributed by atoms with Gasteiger partial charge in [0.25, 0.3) is 0 Å². The van der Waals surface area contributed by atoms with Gasteiger partial charge in [0.1, 0.15) is 11.6 Å². The van der Waals surface area contributed by atoms with E-state index in [1.54, 1.807) is 0 Å². The molecule has 2 aromatic rings. The van der Waals surface area contributed by atoms with Gasteiger partial charge < -0.3 is 14.8 Å². The van der Waals surface area contributed by atoms with E-state index in [1.807, 2.05) is 13.8 Å². The Bertz CT molecular complexity index is 710. The molecule has 0 fully saturated rings. The summed E-state index contributed by atoms with van der Waals surface area (Å²) in [5.41, 5.74) is 2.03. The summed E-state index contributed by atoms with van der Waals surface area (Å²) in [6.07, 6.45) is 0.0256. The van der Waals surface area contributed by atoms with Crippen LogP contribution >= 0.6 is 11.3 Å². The van der Waals surface area contributed by atoms with Gasteiger partial charge in [0.2, 0.25) is 5.91 Å². The van der Waals surface area contributed by atoms with Gasteiger partial charge in [0.05, 0.1) is 18.7 Å². The molecule has 1 aliphatic rings. The molecule has 0 bridgehead atoms. The van der Waals surface area contributed by atoms with E-state index in [1.165, 1.54) is 23.5 Å². The molecule has 5 nitrogen and oxygen atoms in total. The molecular weight excluding hydrogens is 307 g/mol. The van der Waals surface area contributed by atoms with E-state index in [0.717, 1.165) is 10.6 Å². The molecule has 0 saturated carbocycles. The zero-order chi connectivity index (χ0) is 15.7. The minimum Gasteiger partial charge on any atom is -0.467 e. The fraction of sp³-hybridized carbons (Fsp3) is 0.333. The number of anilines is 1. The van der Waals surface area contributed by atoms with E-state index >= 15 is 0 Å². The number of nitrogens with one attached hydrogen (secondary N) is 1. The second-order valence-corrected chi connectivity index (χ2v) is 6.25. The van der Waals surface area contributed by atoms with E-state index in [4.69, 9.17) is 9.47 Å². The number of hydrogen-bond acceptors (Lipinski definition) is 5. The molecule has 1 aromatic carbocycles. The number of ether oxygens (including phenoxy) is 2. The van der Waals surface area contributed by atoms with Gasteiger partial charge in [-0.3, -0.25) is 4.79 Å². The lowest BCUT2D eigenvalue weighted by Gasteiger charge is -2.20. The Morgan fingerprint density at radius 3 is 3.00 bits per heavy atom. The highest BCUT2D eigenvalue weighted by Gasteiger charge is 2.19. The number of fused-ring (bicyclic) bond motifs is 1. The maximum absolute atomic E-state index is 13.6. The van der Waals surface area contributed by atoms with E-state index in [0.29, 0.717) is 22.0 Å². The molecule has 116 valence electrons. The van der Waals surface area contributed by atoms with Crippen molar-refractivity contribution in [3.63, 3.8) is 0 Å². The summed E-state index contributed by atoms with van der Waals surface area (Å²) in [6.45, 7) is 4.22. The molecule has 7 heteroatoms. The van der Waals surface area contributed by atoms with E-state index in [2.05, 4.69) is 10.3 Å². The van der Waals surface area contributed by atoms with Gasteiger partial charge in [0, 0.05) is 16.0 Å². The number of carbonyl (C=O) groups is 1. The minimum absolute atomic E-state index is 0.0256. The molecule has 0 saturated heterocycles. The molecule has 0 spiro atoms. The Hall–Kier alpha value is -1.99. The predicted molar refractivity (Wildman–Crippen MR) is 80.6 cm³/mol. The molecule has 1 N–H and O–H groups in total. The molecule has 2 heterocycles. The molecule has 0 atom stereocenters. The molecule has 0 radical (unpaired) electrons. The first-order chi connectivity index (χ1) is 10.5. The van der Waals surface area contributed by atoms with Crippen LogP contribution in [0.25, 0.3) is 0 Å². The summed E-state index contributed by atoms with van der Waals surface area (Å²) < 4.78 is 24.2. The molecule has 1 aromatic heterocycles. The third-order valence-corrected chi connectivity index (χ3v) is 4.37. The van der Waals surface area contributed by atoms with Crippen LogP contribution in [0.5, 0.6) is 5.75 Å². The molecule has 1 amide bonds. The van der Waals surface area contributed by atoms with Crippen LogP contribution in [0.1, 0.15) is 21.7 Å². The quantitative estimate of drug-likeness (QED) is 0.944. The summed E-state index contributed by atoms with van der Waals surface area (Å²) in [7, 11) is 0. The maximum atomic E-state index is 13.6. The van der Waals surface area contributed by atoms with Gasteiger partial charge >= 0.3 is 0 Å². The lowest BCUT2D eigenvalue weighted by Crippen LogP contribution is -2.18. The van der Waals surface area contributed by atoms with Crippen molar-refractivity contribution in [1.82, 2.24) is 4.98 Å². The second-order valence-electron chi connectivity index (χ2n) is 5.05. The van der Waals surface area contributed by atoms with Crippen LogP contribution in [0.15, 0.2) is 12.1 Å². The Labute approximate surface area is 131 Å². The van der Waals surface area contributed by atoms with Gasteiger partial charge in [-0.15, -0.1) is 11.3 Å². The number of thiazole rings is 1. The third-order valence-electron chi connectivity index (χ3n) is 3.38. The first-order valence-electron chi connectivity index (χ1n) is 6.78. The number of halogens is 1. The lowest BCUT2D eigenvalue weighted by molar-refractivity contribution is -0.115. The number of benzene rings is 1. The predicted octanol–water partition coefficient (Wildman–Crippen LogP) is 2.95. The van der Waals surface area contributed by atoms with Crippen LogP contribution in [-0.4, -0.2) is 17.7 Å². The number of rotatable bonds is 3. The lowest BCUT2D eigenvalue weighted by atomic mass is 10.1. The standard InChI is InChI=1S/C15H15FN2O3S/c1-8-9(2)22-15(17-8)18-13(19)5-10-3-12(16)4-11-6-20-7-21-14(10)11/h3-4H,5-7H2,1-2H3,(H,17,18,19). The average molecular weight is 322 g/mol. The zero-order valence-corrected chi connectivity index (χ0v) is 13.1. The normalized spacial score (nSPS) is 13.4. The summed E-state index contributed by atoms with van der Waals surface area (Å²) in [5.74, 6) is -0.123. The number of amides is 1. The highest BCUT2D eigenvalue weighted by atomic mass is 32.1. The minimum atomic E-state index is -0.406. The fourth-order valence-corrected chi connectivity index (χ4v) is 3.08. The number of carbonyl (C=O) groups excluding carboxylic acids is 1. The Kier molecular flexibility index (Phi) is 4.08. The number of aromatic nitrogens is 1. The van der Waals surface area contributed by atoms with Gasteiger partial charge in [-0.1, -0.05) is 0 Å². The monoisotopic (exact) mass is 322 g/mol. The first kappa shape index (κ1) is 14.9. The van der Waals surface area contributed by atoms with Crippen LogP contribution in [-0.2, 0) is 22.6 Å². The van der Waals surface area contributed by atoms with Crippen LogP contribution in [0.4, 0.5) is 9.52 Å². The number of hydrogen-bond donors (Lipinski definition) is 1. The van der Waals surface area contributed by atoms with Crippen molar-refractivity contribution in [2.75, 3.05) is 12.1 Å². The molecular formula is C15H15FN2O3S. The second kappa shape index (κ2) is 6.02. The number of nitrogens with zero attached hydrogens (tertiary/aromatic N) is 1. The summed E-state index contributed by atoms with van der Waals surface area (Å²) in [4.78, 5) is 17.5. The van der Waals surface area contributed by atoms with E-state index < -0.39 is 5.82 Å².